The summed E-state index contributed by atoms with van der Waals surface area (Å²) < 4.78 is 34.1. The van der Waals surface area contributed by atoms with Crippen molar-refractivity contribution in [3.63, 3.8) is 0 Å². The summed E-state index contributed by atoms with van der Waals surface area (Å²) in [5.74, 6) is 1.41. The molecule has 7 heteroatoms. The molecule has 0 aromatic heterocycles. The van der Waals surface area contributed by atoms with Gasteiger partial charge in [-0.1, -0.05) is 48.0 Å². The Kier molecular flexibility index (Phi) is 7.68. The second kappa shape index (κ2) is 10.4. The van der Waals surface area contributed by atoms with Crippen LogP contribution in [-0.2, 0) is 29.6 Å². The average Bonchev–Trinajstić information content (AvgIpc) is 2.75. The fourth-order valence-electron chi connectivity index (χ4n) is 3.22. The molecule has 31 heavy (non-hydrogen) atoms. The molecule has 0 unspecified atom stereocenters. The van der Waals surface area contributed by atoms with E-state index in [9.17, 15) is 8.42 Å². The minimum atomic E-state index is -3.65. The second-order valence-corrected chi connectivity index (χ2v) is 8.94. The van der Waals surface area contributed by atoms with Crippen molar-refractivity contribution in [3.05, 3.63) is 89.0 Å². The van der Waals surface area contributed by atoms with Gasteiger partial charge in [0.2, 0.25) is 10.0 Å². The molecular weight excluding hydrogens is 412 g/mol. The lowest BCUT2D eigenvalue weighted by atomic mass is 10.1. The Labute approximate surface area is 184 Å². The van der Waals surface area contributed by atoms with Crippen LogP contribution < -0.4 is 19.9 Å². The van der Waals surface area contributed by atoms with E-state index < -0.39 is 10.0 Å². The summed E-state index contributed by atoms with van der Waals surface area (Å²) >= 11 is 0. The number of methoxy groups -OCH3 is 1. The first kappa shape index (κ1) is 22.8. The van der Waals surface area contributed by atoms with Crippen LogP contribution in [0.2, 0.25) is 0 Å². The molecule has 6 nitrogen and oxygen atoms in total. The van der Waals surface area contributed by atoms with Gasteiger partial charge in [0.25, 0.3) is 0 Å². The summed E-state index contributed by atoms with van der Waals surface area (Å²) in [5, 5.41) is 8.51. The van der Waals surface area contributed by atoms with Gasteiger partial charge >= 0.3 is 0 Å². The van der Waals surface area contributed by atoms with Crippen molar-refractivity contribution < 1.29 is 17.9 Å². The molecule has 0 atom stereocenters. The van der Waals surface area contributed by atoms with Crippen LogP contribution in [0.1, 0.15) is 22.3 Å². The van der Waals surface area contributed by atoms with Crippen molar-refractivity contribution in [3.8, 4) is 11.5 Å². The highest BCUT2D eigenvalue weighted by Gasteiger charge is 2.08. The van der Waals surface area contributed by atoms with Crippen LogP contribution >= 0.6 is 0 Å². The van der Waals surface area contributed by atoms with E-state index in [1.807, 2.05) is 30.3 Å². The van der Waals surface area contributed by atoms with E-state index in [-0.39, 0.29) is 4.90 Å². The smallest absolute Gasteiger partial charge is 0.238 e. The third kappa shape index (κ3) is 6.82. The van der Waals surface area contributed by atoms with E-state index in [1.165, 1.54) is 17.7 Å². The zero-order chi connectivity index (χ0) is 22.3. The van der Waals surface area contributed by atoms with Gasteiger partial charge in [0.1, 0.15) is 6.61 Å². The molecule has 0 amide bonds. The number of aryl methyl sites for hydroxylation is 1. The summed E-state index contributed by atoms with van der Waals surface area (Å²) in [6.07, 6.45) is 0.778. The lowest BCUT2D eigenvalue weighted by Gasteiger charge is -2.13. The molecule has 0 saturated heterocycles. The van der Waals surface area contributed by atoms with E-state index in [2.05, 4.69) is 24.4 Å². The molecule has 0 fully saturated rings. The maximum Gasteiger partial charge on any atom is 0.238 e. The molecule has 0 aliphatic carbocycles. The van der Waals surface area contributed by atoms with E-state index in [4.69, 9.17) is 14.6 Å². The van der Waals surface area contributed by atoms with Crippen molar-refractivity contribution in [1.82, 2.24) is 5.32 Å². The van der Waals surface area contributed by atoms with Gasteiger partial charge in [-0.05, 0) is 60.8 Å². The third-order valence-electron chi connectivity index (χ3n) is 4.88. The maximum atomic E-state index is 11.3. The third-order valence-corrected chi connectivity index (χ3v) is 5.81. The first-order chi connectivity index (χ1) is 14.8. The minimum Gasteiger partial charge on any atom is -0.493 e. The number of rotatable bonds is 10. The SMILES string of the molecule is COc1cc(CNCCc2ccc(S(N)(=O)=O)cc2)ccc1OCc1cccc(C)c1. The molecule has 0 heterocycles. The number of nitrogens with two attached hydrogens (primary N) is 1. The number of ether oxygens (including phenoxy) is 2. The van der Waals surface area contributed by atoms with Crippen LogP contribution in [0, 0.1) is 6.92 Å². The first-order valence-electron chi connectivity index (χ1n) is 10.0. The highest BCUT2D eigenvalue weighted by Crippen LogP contribution is 2.29. The van der Waals surface area contributed by atoms with E-state index in [0.29, 0.717) is 24.7 Å². The molecule has 0 aliphatic rings. The van der Waals surface area contributed by atoms with Crippen molar-refractivity contribution in [2.75, 3.05) is 13.7 Å². The van der Waals surface area contributed by atoms with E-state index >= 15 is 0 Å². The van der Waals surface area contributed by atoms with Crippen LogP contribution in [0.3, 0.4) is 0 Å². The predicted molar refractivity (Wildman–Crippen MR) is 122 cm³/mol. The molecule has 0 spiro atoms. The van der Waals surface area contributed by atoms with Gasteiger partial charge in [-0.3, -0.25) is 0 Å². The monoisotopic (exact) mass is 440 g/mol. The summed E-state index contributed by atoms with van der Waals surface area (Å²) in [6.45, 7) is 3.98. The number of sulfonamides is 1. The van der Waals surface area contributed by atoms with Gasteiger partial charge in [0.15, 0.2) is 11.5 Å². The Morgan fingerprint density at radius 2 is 1.65 bits per heavy atom. The number of benzene rings is 3. The quantitative estimate of drug-likeness (QED) is 0.471. The van der Waals surface area contributed by atoms with Gasteiger partial charge < -0.3 is 14.8 Å². The van der Waals surface area contributed by atoms with Crippen molar-refractivity contribution in [1.29, 1.82) is 0 Å². The zero-order valence-corrected chi connectivity index (χ0v) is 18.6. The van der Waals surface area contributed by atoms with Crippen molar-refractivity contribution in [2.24, 2.45) is 5.14 Å². The molecule has 164 valence electrons. The summed E-state index contributed by atoms with van der Waals surface area (Å²) in [4.78, 5) is 0.126. The fraction of sp³-hybridized carbons (Fsp3) is 0.250. The average molecular weight is 441 g/mol. The molecular formula is C24H28N2O4S. The second-order valence-electron chi connectivity index (χ2n) is 7.38. The van der Waals surface area contributed by atoms with Crippen LogP contribution in [0.25, 0.3) is 0 Å². The zero-order valence-electron chi connectivity index (χ0n) is 17.8. The highest BCUT2D eigenvalue weighted by molar-refractivity contribution is 7.89. The summed E-state index contributed by atoms with van der Waals surface area (Å²) in [7, 11) is -2.01. The van der Waals surface area contributed by atoms with Crippen molar-refractivity contribution >= 4 is 10.0 Å². The normalized spacial score (nSPS) is 11.3. The Balaban J connectivity index is 1.50. The number of nitrogens with one attached hydrogen (secondary N) is 1. The fourth-order valence-corrected chi connectivity index (χ4v) is 3.73. The molecule has 3 aromatic carbocycles. The minimum absolute atomic E-state index is 0.126. The Morgan fingerprint density at radius 1 is 0.903 bits per heavy atom. The number of hydrogen-bond donors (Lipinski definition) is 2. The van der Waals surface area contributed by atoms with Crippen LogP contribution in [0.5, 0.6) is 11.5 Å². The summed E-state index contributed by atoms with van der Waals surface area (Å²) in [6, 6.07) is 20.8. The number of primary sulfonamides is 1. The molecule has 3 aromatic rings. The Hall–Kier alpha value is -2.87. The largest absolute Gasteiger partial charge is 0.493 e. The molecule has 0 saturated carbocycles. The van der Waals surface area contributed by atoms with Crippen LogP contribution in [0.15, 0.2) is 71.6 Å². The number of hydrogen-bond acceptors (Lipinski definition) is 5. The topological polar surface area (TPSA) is 90.6 Å². The maximum absolute atomic E-state index is 11.3. The van der Waals surface area contributed by atoms with Crippen LogP contribution in [0.4, 0.5) is 0 Å². The Morgan fingerprint density at radius 3 is 2.32 bits per heavy atom. The van der Waals surface area contributed by atoms with Gasteiger partial charge in [-0.2, -0.15) is 0 Å². The molecule has 0 aliphatic heterocycles. The molecule has 0 bridgehead atoms. The Bertz CT molecular complexity index is 1110. The highest BCUT2D eigenvalue weighted by atomic mass is 32.2. The van der Waals surface area contributed by atoms with Gasteiger partial charge in [-0.15, -0.1) is 0 Å². The van der Waals surface area contributed by atoms with Crippen molar-refractivity contribution in [2.45, 2.75) is 31.4 Å². The predicted octanol–water partition coefficient (Wildman–Crippen LogP) is 3.56. The first-order valence-corrected chi connectivity index (χ1v) is 11.6. The van der Waals surface area contributed by atoms with E-state index in [0.717, 1.165) is 29.7 Å². The van der Waals surface area contributed by atoms with E-state index in [1.54, 1.807) is 19.2 Å². The van der Waals surface area contributed by atoms with Gasteiger partial charge in [0.05, 0.1) is 12.0 Å². The van der Waals surface area contributed by atoms with Gasteiger partial charge in [-0.25, -0.2) is 13.6 Å². The van der Waals surface area contributed by atoms with Crippen LogP contribution in [-0.4, -0.2) is 22.1 Å². The molecule has 0 radical (unpaired) electrons. The molecule has 3 N–H and O–H groups in total. The lowest BCUT2D eigenvalue weighted by Crippen LogP contribution is -2.17. The summed E-state index contributed by atoms with van der Waals surface area (Å²) in [5.41, 5.74) is 4.45. The molecule has 3 rings (SSSR count). The lowest BCUT2D eigenvalue weighted by molar-refractivity contribution is 0.284. The standard InChI is InChI=1S/C24H28N2O4S/c1-18-4-3-5-21(14-18)17-30-23-11-8-20(15-24(23)29-2)16-26-13-12-19-6-9-22(10-7-19)31(25,27)28/h3-11,14-15,26H,12-13,16-17H2,1-2H3,(H2,25,27,28). The van der Waals surface area contributed by atoms with Gasteiger partial charge in [0, 0.05) is 6.54 Å².